The van der Waals surface area contributed by atoms with Gasteiger partial charge in [-0.15, -0.1) is 53.6 Å². The van der Waals surface area contributed by atoms with Crippen molar-refractivity contribution in [3.05, 3.63) is 150 Å². The largest absolute Gasteiger partial charge is 0.486 e. The van der Waals surface area contributed by atoms with E-state index in [0.29, 0.717) is 5.71 Å². The molecule has 0 atom stereocenters. The summed E-state index contributed by atoms with van der Waals surface area (Å²) in [6.45, 7) is 8.22. The van der Waals surface area contributed by atoms with Crippen molar-refractivity contribution in [3.63, 3.8) is 0 Å². The summed E-state index contributed by atoms with van der Waals surface area (Å²) in [6.07, 6.45) is 3.74. The van der Waals surface area contributed by atoms with E-state index in [-0.39, 0.29) is 20.1 Å². The molecule has 0 aliphatic carbocycles. The second-order valence-corrected chi connectivity index (χ2v) is 11.4. The number of rotatable bonds is 3. The summed E-state index contributed by atoms with van der Waals surface area (Å²) in [6, 6.07) is 41.8. The zero-order valence-corrected chi connectivity index (χ0v) is 28.4. The van der Waals surface area contributed by atoms with E-state index in [9.17, 15) is 0 Å². The van der Waals surface area contributed by atoms with Gasteiger partial charge in [-0.25, -0.2) is 4.98 Å². The van der Waals surface area contributed by atoms with E-state index in [1.54, 1.807) is 0 Å². The molecule has 0 saturated heterocycles. The molecule has 0 N–H and O–H groups in total. The molecule has 0 fully saturated rings. The van der Waals surface area contributed by atoms with Crippen molar-refractivity contribution >= 4 is 32.8 Å². The van der Waals surface area contributed by atoms with Crippen molar-refractivity contribution in [1.82, 2.24) is 15.0 Å². The van der Waals surface area contributed by atoms with Crippen LogP contribution in [0.4, 0.5) is 0 Å². The molecule has 5 heteroatoms. The van der Waals surface area contributed by atoms with Gasteiger partial charge in [-0.3, -0.25) is 0 Å². The number of fused-ring (bicyclic) bond motifs is 4. The first-order valence-corrected chi connectivity index (χ1v) is 15.0. The Morgan fingerprint density at radius 2 is 1.52 bits per heavy atom. The van der Waals surface area contributed by atoms with Gasteiger partial charge in [-0.2, -0.15) is 0 Å². The molecule has 227 valence electrons. The van der Waals surface area contributed by atoms with E-state index in [1.807, 2.05) is 62.6 Å². The summed E-state index contributed by atoms with van der Waals surface area (Å²) in [5.41, 5.74) is 12.1. The van der Waals surface area contributed by atoms with Crippen LogP contribution in [0.25, 0.3) is 66.5 Å². The minimum Gasteiger partial charge on any atom is -0.486 e. The molecule has 0 aliphatic rings. The number of aryl methyl sites for hydroxylation is 4. The number of hydrogen-bond donors (Lipinski definition) is 0. The Bertz CT molecular complexity index is 2260. The number of pyridine rings is 3. The second-order valence-electron chi connectivity index (χ2n) is 11.4. The van der Waals surface area contributed by atoms with E-state index in [0.717, 1.165) is 50.1 Å². The Morgan fingerprint density at radius 3 is 2.33 bits per heavy atom. The topological polar surface area (TPSA) is 51.8 Å². The van der Waals surface area contributed by atoms with Crippen LogP contribution in [-0.4, -0.2) is 15.0 Å². The van der Waals surface area contributed by atoms with Crippen LogP contribution < -0.4 is 0 Å². The molecule has 0 bridgehead atoms. The molecule has 4 aromatic heterocycles. The molecular weight excluding hydrogens is 743 g/mol. The predicted molar refractivity (Wildman–Crippen MR) is 184 cm³/mol. The molecule has 0 aliphatic heterocycles. The summed E-state index contributed by atoms with van der Waals surface area (Å²) >= 11 is 0. The van der Waals surface area contributed by atoms with Crippen LogP contribution in [0, 0.1) is 39.8 Å². The van der Waals surface area contributed by atoms with Crippen molar-refractivity contribution in [2.45, 2.75) is 27.7 Å². The predicted octanol–water partition coefficient (Wildman–Crippen LogP) is 10.4. The van der Waals surface area contributed by atoms with Gasteiger partial charge in [0.1, 0.15) is 0 Å². The van der Waals surface area contributed by atoms with Crippen LogP contribution in [0.1, 0.15) is 22.4 Å². The van der Waals surface area contributed by atoms with Crippen molar-refractivity contribution < 1.29 is 24.5 Å². The maximum absolute atomic E-state index is 6.18. The number of furan rings is 1. The number of nitrogens with zero attached hydrogens (tertiary/aromatic N) is 3. The summed E-state index contributed by atoms with van der Waals surface area (Å²) < 4.78 is 6.18. The number of aromatic nitrogens is 3. The van der Waals surface area contributed by atoms with Crippen LogP contribution in [0.3, 0.4) is 0 Å². The summed E-state index contributed by atoms with van der Waals surface area (Å²) in [4.78, 5) is 13.6. The fourth-order valence-corrected chi connectivity index (χ4v) is 5.68. The first-order chi connectivity index (χ1) is 21.9. The Morgan fingerprint density at radius 1 is 0.674 bits per heavy atom. The van der Waals surface area contributed by atoms with Gasteiger partial charge in [0.2, 0.25) is 5.71 Å². The van der Waals surface area contributed by atoms with Crippen molar-refractivity contribution in [1.29, 1.82) is 0 Å². The van der Waals surface area contributed by atoms with Crippen molar-refractivity contribution in [3.8, 4) is 33.6 Å². The number of benzene rings is 4. The van der Waals surface area contributed by atoms with Crippen LogP contribution >= 0.6 is 0 Å². The average molecular weight is 774 g/mol. The molecule has 8 aromatic rings. The molecule has 4 nitrogen and oxygen atoms in total. The monoisotopic (exact) mass is 774 g/mol. The van der Waals surface area contributed by atoms with Gasteiger partial charge >= 0.3 is 0 Å². The molecule has 46 heavy (non-hydrogen) atoms. The first-order valence-electron chi connectivity index (χ1n) is 15.0. The fourth-order valence-electron chi connectivity index (χ4n) is 5.68. The molecule has 4 aromatic carbocycles. The molecule has 0 spiro atoms. The van der Waals surface area contributed by atoms with Crippen LogP contribution in [-0.2, 0) is 20.1 Å². The Kier molecular flexibility index (Phi) is 8.89. The van der Waals surface area contributed by atoms with E-state index in [2.05, 4.69) is 108 Å². The third-order valence-corrected chi connectivity index (χ3v) is 8.04. The van der Waals surface area contributed by atoms with E-state index in [4.69, 9.17) is 4.42 Å². The average Bonchev–Trinajstić information content (AvgIpc) is 3.43. The Balaban J connectivity index is 0.000000209. The smallest absolute Gasteiger partial charge is 0.216 e. The molecule has 1 radical (unpaired) electrons. The third kappa shape index (κ3) is 6.12. The van der Waals surface area contributed by atoms with Gasteiger partial charge in [0.25, 0.3) is 0 Å². The minimum absolute atomic E-state index is 0. The molecule has 4 heterocycles. The van der Waals surface area contributed by atoms with E-state index >= 15 is 0 Å². The van der Waals surface area contributed by atoms with Crippen molar-refractivity contribution in [2.24, 2.45) is 0 Å². The van der Waals surface area contributed by atoms with Gasteiger partial charge in [-0.05, 0) is 83.4 Å². The zero-order valence-electron chi connectivity index (χ0n) is 26.1. The standard InChI is InChI=1S/C28H19N2O.C13H12N.Ir/c1-17-10-12-19-6-3-4-7-21(19)26(17)20-14-15-29-25(16-20)24-9-5-8-22-23-13-11-18(2)30-28(23)31-27(22)24;1-10-3-6-12(7-4-10)13-8-5-11(2)9-14-13;/h3-8,10-16H,1-2H3;3-6,8-9H,1-2H3;/q2*-1;. The van der Waals surface area contributed by atoms with E-state index in [1.165, 1.54) is 33.0 Å². The number of hydrogen-bond acceptors (Lipinski definition) is 4. The summed E-state index contributed by atoms with van der Waals surface area (Å²) in [5, 5.41) is 4.51. The third-order valence-electron chi connectivity index (χ3n) is 8.04. The maximum Gasteiger partial charge on any atom is 0.216 e. The Hall–Kier alpha value is -4.96. The van der Waals surface area contributed by atoms with Gasteiger partial charge in [0.05, 0.1) is 5.58 Å². The minimum atomic E-state index is 0. The maximum atomic E-state index is 6.18. The first kappa shape index (κ1) is 31.0. The summed E-state index contributed by atoms with van der Waals surface area (Å²) in [7, 11) is 0. The van der Waals surface area contributed by atoms with Gasteiger partial charge in [-0.1, -0.05) is 72.5 Å². The Labute approximate surface area is 282 Å². The van der Waals surface area contributed by atoms with Crippen LogP contribution in [0.15, 0.2) is 120 Å². The van der Waals surface area contributed by atoms with Gasteiger partial charge in [0, 0.05) is 43.6 Å². The normalized spacial score (nSPS) is 10.9. The van der Waals surface area contributed by atoms with Crippen LogP contribution in [0.5, 0.6) is 0 Å². The molecule has 8 rings (SSSR count). The zero-order chi connectivity index (χ0) is 30.9. The summed E-state index contributed by atoms with van der Waals surface area (Å²) in [5.74, 6) is 0. The molecule has 0 amide bonds. The fraction of sp³-hybridized carbons (Fsp3) is 0.0976. The van der Waals surface area contributed by atoms with Gasteiger partial charge in [0.15, 0.2) is 0 Å². The van der Waals surface area contributed by atoms with Crippen molar-refractivity contribution in [2.75, 3.05) is 0 Å². The second kappa shape index (κ2) is 13.2. The van der Waals surface area contributed by atoms with Crippen LogP contribution in [0.2, 0.25) is 0 Å². The molecule has 0 unspecified atom stereocenters. The molecular formula is C41H31IrN3O-2. The SMILES string of the molecule is Cc1c[c-]c(-c2ccc(C)cn2)cc1.Cc1ccc2c(n1)oc1c(-c3cc(-c4c(C)ccc5ccccc45)ccn3)[c-]ccc12.[Ir]. The molecule has 0 saturated carbocycles. The quantitative estimate of drug-likeness (QED) is 0.168. The van der Waals surface area contributed by atoms with E-state index < -0.39 is 0 Å². The van der Waals surface area contributed by atoms with Gasteiger partial charge < -0.3 is 14.4 Å².